The minimum absolute atomic E-state index is 0.0708. The molecule has 1 fully saturated rings. The Labute approximate surface area is 112 Å². The molecule has 2 rings (SSSR count). The van der Waals surface area contributed by atoms with E-state index >= 15 is 0 Å². The average Bonchev–Trinajstić information content (AvgIpc) is 2.85. The van der Waals surface area contributed by atoms with Gasteiger partial charge in [-0.05, 0) is 24.6 Å². The normalized spacial score (nSPS) is 21.7. The molecule has 19 heavy (non-hydrogen) atoms. The van der Waals surface area contributed by atoms with E-state index in [-0.39, 0.29) is 11.8 Å². The Bertz CT molecular complexity index is 522. The summed E-state index contributed by atoms with van der Waals surface area (Å²) < 4.78 is 5.20. The van der Waals surface area contributed by atoms with Gasteiger partial charge in [-0.1, -0.05) is 13.0 Å². The van der Waals surface area contributed by atoms with E-state index in [1.165, 1.54) is 7.11 Å². The third-order valence-electron chi connectivity index (χ3n) is 3.47. The maximum absolute atomic E-state index is 12.2. The number of hydrogen-bond donors (Lipinski definition) is 2. The molecule has 5 heteroatoms. The van der Waals surface area contributed by atoms with Crippen LogP contribution in [0.4, 0.5) is 5.69 Å². The maximum Gasteiger partial charge on any atom is 0.229 e. The highest BCUT2D eigenvalue weighted by Gasteiger charge is 2.30. The van der Waals surface area contributed by atoms with Gasteiger partial charge in [0, 0.05) is 6.54 Å². The van der Waals surface area contributed by atoms with Crippen LogP contribution in [-0.4, -0.2) is 26.1 Å². The molecule has 0 radical (unpaired) electrons. The number of carbonyl (C=O) groups excluding carboxylic acids is 1. The fraction of sp³-hybridized carbons (Fsp3) is 0.429. The van der Waals surface area contributed by atoms with E-state index in [0.717, 1.165) is 6.54 Å². The van der Waals surface area contributed by atoms with E-state index in [1.54, 1.807) is 18.2 Å². The van der Waals surface area contributed by atoms with Gasteiger partial charge in [0.15, 0.2) is 0 Å². The molecule has 100 valence electrons. The molecular formula is C14H17N3O2. The molecule has 1 aromatic carbocycles. The van der Waals surface area contributed by atoms with Crippen LogP contribution in [0.2, 0.25) is 0 Å². The van der Waals surface area contributed by atoms with Crippen molar-refractivity contribution < 1.29 is 9.53 Å². The molecule has 1 saturated heterocycles. The summed E-state index contributed by atoms with van der Waals surface area (Å²) in [5.74, 6) is 0.654. The average molecular weight is 259 g/mol. The van der Waals surface area contributed by atoms with Crippen LogP contribution < -0.4 is 15.4 Å². The van der Waals surface area contributed by atoms with Crippen LogP contribution in [-0.2, 0) is 4.79 Å². The summed E-state index contributed by atoms with van der Waals surface area (Å²) in [5, 5.41) is 15.1. The third kappa shape index (κ3) is 2.69. The molecule has 2 N–H and O–H groups in total. The summed E-state index contributed by atoms with van der Waals surface area (Å²) in [6, 6.07) is 7.19. The number of nitrogens with zero attached hydrogens (tertiary/aromatic N) is 1. The number of amides is 1. The number of anilines is 1. The number of methoxy groups -OCH3 is 1. The number of para-hydroxylation sites is 1. The van der Waals surface area contributed by atoms with Gasteiger partial charge in [-0.15, -0.1) is 0 Å². The molecule has 1 aliphatic heterocycles. The molecule has 0 bridgehead atoms. The second-order valence-electron chi connectivity index (χ2n) is 4.73. The summed E-state index contributed by atoms with van der Waals surface area (Å²) in [6.07, 6.45) is 0. The summed E-state index contributed by atoms with van der Waals surface area (Å²) in [7, 11) is 1.52. The Morgan fingerprint density at radius 1 is 1.53 bits per heavy atom. The first-order valence-electron chi connectivity index (χ1n) is 6.26. The second kappa shape index (κ2) is 5.72. The zero-order chi connectivity index (χ0) is 13.8. The van der Waals surface area contributed by atoms with E-state index in [1.807, 2.05) is 6.92 Å². The highest BCUT2D eigenvalue weighted by Crippen LogP contribution is 2.29. The van der Waals surface area contributed by atoms with E-state index in [2.05, 4.69) is 16.7 Å². The highest BCUT2D eigenvalue weighted by molar-refractivity contribution is 5.96. The Balaban J connectivity index is 2.23. The van der Waals surface area contributed by atoms with Crippen molar-refractivity contribution in [2.24, 2.45) is 11.8 Å². The van der Waals surface area contributed by atoms with Crippen LogP contribution in [0.1, 0.15) is 12.5 Å². The number of hydrogen-bond acceptors (Lipinski definition) is 4. The molecule has 0 saturated carbocycles. The lowest BCUT2D eigenvalue weighted by atomic mass is 9.97. The monoisotopic (exact) mass is 259 g/mol. The first-order chi connectivity index (χ1) is 9.17. The van der Waals surface area contributed by atoms with E-state index < -0.39 is 0 Å². The predicted octanol–water partition coefficient (Wildman–Crippen LogP) is 1.36. The van der Waals surface area contributed by atoms with Gasteiger partial charge >= 0.3 is 0 Å². The van der Waals surface area contributed by atoms with Gasteiger partial charge in [0.05, 0.1) is 18.6 Å². The van der Waals surface area contributed by atoms with Crippen molar-refractivity contribution in [3.05, 3.63) is 23.8 Å². The van der Waals surface area contributed by atoms with Crippen molar-refractivity contribution in [1.29, 1.82) is 5.26 Å². The number of benzene rings is 1. The molecule has 2 atom stereocenters. The first kappa shape index (κ1) is 13.4. The van der Waals surface area contributed by atoms with Crippen molar-refractivity contribution in [1.82, 2.24) is 5.32 Å². The van der Waals surface area contributed by atoms with Crippen LogP contribution in [0, 0.1) is 23.2 Å². The van der Waals surface area contributed by atoms with Crippen molar-refractivity contribution in [3.8, 4) is 11.8 Å². The Kier molecular flexibility index (Phi) is 4.03. The van der Waals surface area contributed by atoms with Gasteiger partial charge in [-0.25, -0.2) is 0 Å². The SMILES string of the molecule is COc1cccc(C#N)c1NC(=O)[C@@H]1CNC[C@H]1C. The van der Waals surface area contributed by atoms with Crippen molar-refractivity contribution in [2.75, 3.05) is 25.5 Å². The van der Waals surface area contributed by atoms with Crippen molar-refractivity contribution in [2.45, 2.75) is 6.92 Å². The third-order valence-corrected chi connectivity index (χ3v) is 3.47. The predicted molar refractivity (Wildman–Crippen MR) is 71.9 cm³/mol. The number of carbonyl (C=O) groups is 1. The zero-order valence-electron chi connectivity index (χ0n) is 11.1. The fourth-order valence-electron chi connectivity index (χ4n) is 2.30. The fourth-order valence-corrected chi connectivity index (χ4v) is 2.30. The lowest BCUT2D eigenvalue weighted by Crippen LogP contribution is -2.28. The Hall–Kier alpha value is -2.06. The summed E-state index contributed by atoms with van der Waals surface area (Å²) in [4.78, 5) is 12.2. The van der Waals surface area contributed by atoms with Gasteiger partial charge in [0.25, 0.3) is 0 Å². The van der Waals surface area contributed by atoms with Crippen LogP contribution >= 0.6 is 0 Å². The molecule has 1 amide bonds. The van der Waals surface area contributed by atoms with Crippen molar-refractivity contribution in [3.63, 3.8) is 0 Å². The molecule has 1 aromatic rings. The second-order valence-corrected chi connectivity index (χ2v) is 4.73. The molecule has 5 nitrogen and oxygen atoms in total. The van der Waals surface area contributed by atoms with Gasteiger partial charge < -0.3 is 15.4 Å². The molecule has 1 heterocycles. The summed E-state index contributed by atoms with van der Waals surface area (Å²) >= 11 is 0. The quantitative estimate of drug-likeness (QED) is 0.859. The van der Waals surface area contributed by atoms with E-state index in [4.69, 9.17) is 10.00 Å². The molecular weight excluding hydrogens is 242 g/mol. The number of rotatable bonds is 3. The van der Waals surface area contributed by atoms with Crippen LogP contribution in [0.5, 0.6) is 5.75 Å². The van der Waals surface area contributed by atoms with Gasteiger partial charge in [0.1, 0.15) is 17.5 Å². The van der Waals surface area contributed by atoms with Crippen LogP contribution in [0.15, 0.2) is 18.2 Å². The Morgan fingerprint density at radius 3 is 2.89 bits per heavy atom. The van der Waals surface area contributed by atoms with Gasteiger partial charge in [0.2, 0.25) is 5.91 Å². The standard InChI is InChI=1S/C14H17N3O2/c1-9-7-16-8-11(9)14(18)17-13-10(6-15)4-3-5-12(13)19-2/h3-5,9,11,16H,7-8H2,1-2H3,(H,17,18)/t9-,11-/m1/s1. The molecule has 0 unspecified atom stereocenters. The van der Waals surface area contributed by atoms with Gasteiger partial charge in [-0.3, -0.25) is 4.79 Å². The van der Waals surface area contributed by atoms with Crippen LogP contribution in [0.25, 0.3) is 0 Å². The van der Waals surface area contributed by atoms with Crippen molar-refractivity contribution >= 4 is 11.6 Å². The van der Waals surface area contributed by atoms with E-state index in [9.17, 15) is 4.79 Å². The van der Waals surface area contributed by atoms with Crippen LogP contribution in [0.3, 0.4) is 0 Å². The minimum atomic E-state index is -0.0727. The Morgan fingerprint density at radius 2 is 2.32 bits per heavy atom. The lowest BCUT2D eigenvalue weighted by Gasteiger charge is -2.16. The number of nitrogens with one attached hydrogen (secondary N) is 2. The highest BCUT2D eigenvalue weighted by atomic mass is 16.5. The van der Waals surface area contributed by atoms with Gasteiger partial charge in [-0.2, -0.15) is 5.26 Å². The smallest absolute Gasteiger partial charge is 0.229 e. The summed E-state index contributed by atoms with van der Waals surface area (Å²) in [5.41, 5.74) is 0.864. The molecule has 0 aliphatic carbocycles. The zero-order valence-corrected chi connectivity index (χ0v) is 11.1. The number of nitriles is 1. The summed E-state index contributed by atoms with van der Waals surface area (Å²) in [6.45, 7) is 3.55. The molecule has 1 aliphatic rings. The minimum Gasteiger partial charge on any atom is -0.495 e. The number of ether oxygens (including phenoxy) is 1. The largest absolute Gasteiger partial charge is 0.495 e. The molecule has 0 spiro atoms. The lowest BCUT2D eigenvalue weighted by molar-refractivity contribution is -0.120. The van der Waals surface area contributed by atoms with E-state index in [0.29, 0.717) is 29.5 Å². The molecule has 0 aromatic heterocycles. The maximum atomic E-state index is 12.2. The topological polar surface area (TPSA) is 74.1 Å². The first-order valence-corrected chi connectivity index (χ1v) is 6.26.